The Bertz CT molecular complexity index is 842. The molecule has 0 spiro atoms. The van der Waals surface area contributed by atoms with E-state index in [1.54, 1.807) is 0 Å². The zero-order valence-electron chi connectivity index (χ0n) is 14.3. The number of nitrogens with one attached hydrogen (secondary N) is 2. The number of carbonyl (C=O) groups is 1. The van der Waals surface area contributed by atoms with Gasteiger partial charge in [0.15, 0.2) is 0 Å². The summed E-state index contributed by atoms with van der Waals surface area (Å²) in [7, 11) is 0. The first kappa shape index (κ1) is 17.5. The van der Waals surface area contributed by atoms with Crippen LogP contribution in [-0.4, -0.2) is 12.5 Å². The van der Waals surface area contributed by atoms with Gasteiger partial charge in [-0.25, -0.2) is 0 Å². The Hall–Kier alpha value is -2.30. The first-order valence-electron chi connectivity index (χ1n) is 8.30. The molecule has 2 N–H and O–H groups in total. The molecule has 2 unspecified atom stereocenters. The molecule has 1 aromatic heterocycles. The molecule has 0 aliphatic rings. The predicted molar refractivity (Wildman–Crippen MR) is 101 cm³/mol. The number of hydrogen-bond donors (Lipinski definition) is 2. The van der Waals surface area contributed by atoms with Gasteiger partial charge in [0.05, 0.1) is 12.6 Å². The van der Waals surface area contributed by atoms with Gasteiger partial charge in [0.1, 0.15) is 11.3 Å². The van der Waals surface area contributed by atoms with E-state index in [0.29, 0.717) is 5.02 Å². The minimum absolute atomic E-state index is 0.0130. The van der Waals surface area contributed by atoms with Gasteiger partial charge in [-0.3, -0.25) is 4.79 Å². The van der Waals surface area contributed by atoms with Crippen LogP contribution in [0.1, 0.15) is 37.3 Å². The summed E-state index contributed by atoms with van der Waals surface area (Å²) in [6.07, 6.45) is 0. The van der Waals surface area contributed by atoms with Crippen molar-refractivity contribution in [2.45, 2.75) is 25.9 Å². The van der Waals surface area contributed by atoms with Crippen molar-refractivity contribution < 1.29 is 9.21 Å². The quantitative estimate of drug-likeness (QED) is 0.677. The summed E-state index contributed by atoms with van der Waals surface area (Å²) in [5.41, 5.74) is 1.80. The Morgan fingerprint density at radius 3 is 2.56 bits per heavy atom. The Morgan fingerprint density at radius 1 is 1.08 bits per heavy atom. The minimum atomic E-state index is -0.197. The molecule has 4 nitrogen and oxygen atoms in total. The lowest BCUT2D eigenvalue weighted by molar-refractivity contribution is -0.121. The highest BCUT2D eigenvalue weighted by Crippen LogP contribution is 2.24. The average molecular weight is 357 g/mol. The second kappa shape index (κ2) is 7.72. The smallest absolute Gasteiger partial charge is 0.234 e. The van der Waals surface area contributed by atoms with E-state index >= 15 is 0 Å². The second-order valence-electron chi connectivity index (χ2n) is 6.10. The molecule has 0 fully saturated rings. The predicted octanol–water partition coefficient (Wildman–Crippen LogP) is 4.61. The van der Waals surface area contributed by atoms with E-state index in [9.17, 15) is 4.79 Å². The summed E-state index contributed by atoms with van der Waals surface area (Å²) in [6.45, 7) is 4.10. The minimum Gasteiger partial charge on any atom is -0.459 e. The van der Waals surface area contributed by atoms with Crippen LogP contribution in [0, 0.1) is 0 Å². The number of carbonyl (C=O) groups excluding carboxylic acids is 1. The molecule has 25 heavy (non-hydrogen) atoms. The van der Waals surface area contributed by atoms with Gasteiger partial charge in [0, 0.05) is 16.5 Å². The molecular weight excluding hydrogens is 336 g/mol. The summed E-state index contributed by atoms with van der Waals surface area (Å²) in [6, 6.07) is 17.2. The van der Waals surface area contributed by atoms with Crippen LogP contribution in [0.5, 0.6) is 0 Å². The van der Waals surface area contributed by atoms with Crippen molar-refractivity contribution in [3.63, 3.8) is 0 Å². The van der Waals surface area contributed by atoms with Crippen LogP contribution in [0.2, 0.25) is 5.02 Å². The van der Waals surface area contributed by atoms with Crippen LogP contribution in [-0.2, 0) is 4.79 Å². The molecule has 0 bridgehead atoms. The zero-order valence-corrected chi connectivity index (χ0v) is 15.0. The van der Waals surface area contributed by atoms with E-state index in [1.165, 1.54) is 0 Å². The molecule has 1 amide bonds. The molecule has 2 atom stereocenters. The summed E-state index contributed by atoms with van der Waals surface area (Å²) < 4.78 is 5.79. The lowest BCUT2D eigenvalue weighted by Crippen LogP contribution is -2.36. The topological polar surface area (TPSA) is 54.3 Å². The SMILES string of the molecule is CC(NC(=O)CNC(C)c1ccccc1Cl)c1cc2ccccc2o1. The summed E-state index contributed by atoms with van der Waals surface area (Å²) in [4.78, 5) is 12.2. The molecule has 1 heterocycles. The van der Waals surface area contributed by atoms with E-state index in [0.717, 1.165) is 22.3 Å². The van der Waals surface area contributed by atoms with Crippen molar-refractivity contribution in [3.05, 3.63) is 70.9 Å². The van der Waals surface area contributed by atoms with E-state index in [4.69, 9.17) is 16.0 Å². The van der Waals surface area contributed by atoms with Gasteiger partial charge in [0.2, 0.25) is 5.91 Å². The number of benzene rings is 2. The van der Waals surface area contributed by atoms with E-state index in [1.807, 2.05) is 68.4 Å². The fourth-order valence-corrected chi connectivity index (χ4v) is 3.06. The van der Waals surface area contributed by atoms with Crippen LogP contribution >= 0.6 is 11.6 Å². The molecule has 0 saturated heterocycles. The van der Waals surface area contributed by atoms with Crippen molar-refractivity contribution in [2.24, 2.45) is 0 Å². The van der Waals surface area contributed by atoms with Crippen molar-refractivity contribution in [3.8, 4) is 0 Å². The highest BCUT2D eigenvalue weighted by atomic mass is 35.5. The fourth-order valence-electron chi connectivity index (χ4n) is 2.76. The Labute approximate surface area is 152 Å². The van der Waals surface area contributed by atoms with Gasteiger partial charge >= 0.3 is 0 Å². The highest BCUT2D eigenvalue weighted by molar-refractivity contribution is 6.31. The Kier molecular flexibility index (Phi) is 5.41. The van der Waals surface area contributed by atoms with Crippen LogP contribution in [0.15, 0.2) is 59.0 Å². The molecule has 130 valence electrons. The van der Waals surface area contributed by atoms with Crippen LogP contribution < -0.4 is 10.6 Å². The van der Waals surface area contributed by atoms with E-state index in [2.05, 4.69) is 10.6 Å². The molecule has 5 heteroatoms. The number of fused-ring (bicyclic) bond motifs is 1. The third-order valence-corrected chi connectivity index (χ3v) is 4.53. The van der Waals surface area contributed by atoms with Crippen molar-refractivity contribution in [2.75, 3.05) is 6.54 Å². The first-order chi connectivity index (χ1) is 12.0. The maximum Gasteiger partial charge on any atom is 0.234 e. The lowest BCUT2D eigenvalue weighted by Gasteiger charge is -2.17. The molecule has 3 aromatic rings. The summed E-state index contributed by atoms with van der Waals surface area (Å²) in [5, 5.41) is 7.87. The Balaban J connectivity index is 1.56. The van der Waals surface area contributed by atoms with Gasteiger partial charge < -0.3 is 15.1 Å². The maximum atomic E-state index is 12.2. The van der Waals surface area contributed by atoms with E-state index in [-0.39, 0.29) is 24.5 Å². The van der Waals surface area contributed by atoms with Crippen molar-refractivity contribution in [1.29, 1.82) is 0 Å². The third kappa shape index (κ3) is 4.21. The molecule has 0 aliphatic heterocycles. The van der Waals surface area contributed by atoms with E-state index < -0.39 is 0 Å². The molecule has 0 aliphatic carbocycles. The highest BCUT2D eigenvalue weighted by Gasteiger charge is 2.15. The normalized spacial score (nSPS) is 13.6. The number of halogens is 1. The second-order valence-corrected chi connectivity index (χ2v) is 6.51. The van der Waals surface area contributed by atoms with Crippen LogP contribution in [0.25, 0.3) is 11.0 Å². The number of para-hydroxylation sites is 1. The van der Waals surface area contributed by atoms with Crippen LogP contribution in [0.3, 0.4) is 0 Å². The number of furan rings is 1. The standard InChI is InChI=1S/C20H21ClN2O2/c1-13(16-8-4-5-9-17(16)21)22-12-20(24)23-14(2)19-11-15-7-3-6-10-18(15)25-19/h3-11,13-14,22H,12H2,1-2H3,(H,23,24). The van der Waals surface area contributed by atoms with Crippen molar-refractivity contribution >= 4 is 28.5 Å². The third-order valence-electron chi connectivity index (χ3n) is 4.19. The number of rotatable bonds is 6. The van der Waals surface area contributed by atoms with Crippen molar-refractivity contribution in [1.82, 2.24) is 10.6 Å². The largest absolute Gasteiger partial charge is 0.459 e. The molecule has 2 aromatic carbocycles. The average Bonchev–Trinajstić information content (AvgIpc) is 3.04. The van der Waals surface area contributed by atoms with Gasteiger partial charge in [-0.2, -0.15) is 0 Å². The summed E-state index contributed by atoms with van der Waals surface area (Å²) >= 11 is 6.18. The Morgan fingerprint density at radius 2 is 1.80 bits per heavy atom. The monoisotopic (exact) mass is 356 g/mol. The number of hydrogen-bond acceptors (Lipinski definition) is 3. The molecular formula is C20H21ClN2O2. The van der Waals surface area contributed by atoms with Gasteiger partial charge in [-0.15, -0.1) is 0 Å². The molecule has 0 radical (unpaired) electrons. The molecule has 0 saturated carbocycles. The van der Waals surface area contributed by atoms with Gasteiger partial charge in [0.25, 0.3) is 0 Å². The summed E-state index contributed by atoms with van der Waals surface area (Å²) in [5.74, 6) is 0.653. The van der Waals surface area contributed by atoms with Gasteiger partial charge in [-0.1, -0.05) is 48.0 Å². The first-order valence-corrected chi connectivity index (χ1v) is 8.68. The fraction of sp³-hybridized carbons (Fsp3) is 0.250. The maximum absolute atomic E-state index is 12.2. The zero-order chi connectivity index (χ0) is 17.8. The lowest BCUT2D eigenvalue weighted by atomic mass is 10.1. The molecule has 3 rings (SSSR count). The van der Waals surface area contributed by atoms with Crippen LogP contribution in [0.4, 0.5) is 0 Å². The van der Waals surface area contributed by atoms with Gasteiger partial charge in [-0.05, 0) is 37.6 Å². The number of amides is 1.